The standard InChI is InChI=1S/C21H17NO5/c23-19(16-9-5-13-27-16)17-18(15-8-4-12-26-15)22(21(25)20(17)24)11-10-14-6-2-1-3-7-14/h1-9,12-13,18,24H,10-11H2/t18-/m0/s1. The quantitative estimate of drug-likeness (QED) is 0.675. The van der Waals surface area contributed by atoms with Crippen LogP contribution >= 0.6 is 0 Å². The molecule has 1 aliphatic rings. The number of furan rings is 2. The van der Waals surface area contributed by atoms with Gasteiger partial charge in [-0.3, -0.25) is 9.59 Å². The van der Waals surface area contributed by atoms with E-state index in [1.807, 2.05) is 30.3 Å². The molecule has 0 saturated carbocycles. The lowest BCUT2D eigenvalue weighted by molar-refractivity contribution is -0.129. The van der Waals surface area contributed by atoms with Crippen LogP contribution < -0.4 is 0 Å². The van der Waals surface area contributed by atoms with E-state index in [1.54, 1.807) is 18.2 Å². The number of carbonyl (C=O) groups is 2. The summed E-state index contributed by atoms with van der Waals surface area (Å²) in [5.74, 6) is -1.22. The molecule has 0 spiro atoms. The summed E-state index contributed by atoms with van der Waals surface area (Å²) in [7, 11) is 0. The largest absolute Gasteiger partial charge is 0.503 e. The number of hydrogen-bond acceptors (Lipinski definition) is 5. The molecule has 0 saturated heterocycles. The van der Waals surface area contributed by atoms with Crippen molar-refractivity contribution >= 4 is 11.7 Å². The molecule has 0 unspecified atom stereocenters. The zero-order valence-electron chi connectivity index (χ0n) is 14.4. The van der Waals surface area contributed by atoms with Crippen LogP contribution in [0.25, 0.3) is 0 Å². The summed E-state index contributed by atoms with van der Waals surface area (Å²) >= 11 is 0. The average Bonchev–Trinajstić information content (AvgIpc) is 3.43. The van der Waals surface area contributed by atoms with Crippen LogP contribution in [0.1, 0.15) is 27.9 Å². The van der Waals surface area contributed by atoms with Gasteiger partial charge in [0.25, 0.3) is 5.91 Å². The fourth-order valence-electron chi connectivity index (χ4n) is 3.29. The molecule has 0 fully saturated rings. The number of amides is 1. The molecule has 1 atom stereocenters. The Morgan fingerprint density at radius 2 is 1.74 bits per heavy atom. The van der Waals surface area contributed by atoms with E-state index >= 15 is 0 Å². The number of ketones is 1. The van der Waals surface area contributed by atoms with Crippen LogP contribution in [-0.2, 0) is 11.2 Å². The van der Waals surface area contributed by atoms with Gasteiger partial charge in [0.05, 0.1) is 18.1 Å². The molecule has 27 heavy (non-hydrogen) atoms. The molecule has 6 nitrogen and oxygen atoms in total. The highest BCUT2D eigenvalue weighted by Gasteiger charge is 2.45. The lowest BCUT2D eigenvalue weighted by Gasteiger charge is -2.24. The van der Waals surface area contributed by atoms with Crippen LogP contribution in [0.15, 0.2) is 87.3 Å². The zero-order chi connectivity index (χ0) is 18.8. The Morgan fingerprint density at radius 3 is 2.41 bits per heavy atom. The average molecular weight is 363 g/mol. The molecule has 1 aliphatic heterocycles. The minimum atomic E-state index is -0.797. The summed E-state index contributed by atoms with van der Waals surface area (Å²) in [5.41, 5.74) is 1.02. The molecule has 2 aromatic heterocycles. The number of nitrogens with zero attached hydrogens (tertiary/aromatic N) is 1. The Balaban J connectivity index is 1.68. The fraction of sp³-hybridized carbons (Fsp3) is 0.143. The van der Waals surface area contributed by atoms with Crippen molar-refractivity contribution in [2.45, 2.75) is 12.5 Å². The highest BCUT2D eigenvalue weighted by atomic mass is 16.3. The molecule has 1 aromatic carbocycles. The molecule has 4 rings (SSSR count). The second kappa shape index (κ2) is 6.99. The Bertz CT molecular complexity index is 971. The lowest BCUT2D eigenvalue weighted by Crippen LogP contribution is -2.32. The minimum Gasteiger partial charge on any atom is -0.503 e. The van der Waals surface area contributed by atoms with Crippen LogP contribution in [0.4, 0.5) is 0 Å². The fourth-order valence-corrected chi connectivity index (χ4v) is 3.29. The number of carbonyl (C=O) groups excluding carboxylic acids is 2. The first kappa shape index (κ1) is 16.9. The van der Waals surface area contributed by atoms with E-state index in [-0.39, 0.29) is 11.3 Å². The van der Waals surface area contributed by atoms with Gasteiger partial charge < -0.3 is 18.8 Å². The van der Waals surface area contributed by atoms with E-state index < -0.39 is 23.5 Å². The Labute approximate surface area is 155 Å². The van der Waals surface area contributed by atoms with Gasteiger partial charge in [-0.15, -0.1) is 0 Å². The number of Topliss-reactive ketones (excluding diaryl/α,β-unsaturated/α-hetero) is 1. The van der Waals surface area contributed by atoms with E-state index in [4.69, 9.17) is 8.83 Å². The van der Waals surface area contributed by atoms with Gasteiger partial charge in [-0.1, -0.05) is 30.3 Å². The molecule has 136 valence electrons. The summed E-state index contributed by atoms with van der Waals surface area (Å²) in [6, 6.07) is 15.3. The zero-order valence-corrected chi connectivity index (χ0v) is 14.4. The van der Waals surface area contributed by atoms with Crippen molar-refractivity contribution < 1.29 is 23.5 Å². The minimum absolute atomic E-state index is 0.0297. The van der Waals surface area contributed by atoms with Crippen LogP contribution in [0.2, 0.25) is 0 Å². The third-order valence-corrected chi connectivity index (χ3v) is 4.59. The number of aliphatic hydroxyl groups excluding tert-OH is 1. The van der Waals surface area contributed by atoms with Crippen molar-refractivity contribution in [1.29, 1.82) is 0 Å². The number of benzene rings is 1. The summed E-state index contributed by atoms with van der Waals surface area (Å²) in [6.07, 6.45) is 3.43. The molecule has 3 aromatic rings. The molecule has 0 aliphatic carbocycles. The molecular weight excluding hydrogens is 346 g/mol. The maximum Gasteiger partial charge on any atom is 0.290 e. The van der Waals surface area contributed by atoms with Gasteiger partial charge in [0, 0.05) is 6.54 Å². The van der Waals surface area contributed by atoms with Crippen molar-refractivity contribution in [1.82, 2.24) is 4.90 Å². The summed E-state index contributed by atoms with van der Waals surface area (Å²) in [5, 5.41) is 10.4. The van der Waals surface area contributed by atoms with E-state index in [0.717, 1.165) is 5.56 Å². The van der Waals surface area contributed by atoms with Crippen LogP contribution in [0.5, 0.6) is 0 Å². The van der Waals surface area contributed by atoms with Crippen molar-refractivity contribution in [3.63, 3.8) is 0 Å². The maximum absolute atomic E-state index is 12.9. The molecule has 6 heteroatoms. The van der Waals surface area contributed by atoms with Gasteiger partial charge in [-0.25, -0.2) is 0 Å². The van der Waals surface area contributed by atoms with Crippen LogP contribution in [0.3, 0.4) is 0 Å². The van der Waals surface area contributed by atoms with Crippen molar-refractivity contribution in [3.05, 3.63) is 95.5 Å². The Kier molecular flexibility index (Phi) is 4.38. The topological polar surface area (TPSA) is 83.9 Å². The first-order chi connectivity index (χ1) is 13.2. The van der Waals surface area contributed by atoms with E-state index in [9.17, 15) is 14.7 Å². The smallest absolute Gasteiger partial charge is 0.290 e. The number of aliphatic hydroxyl groups is 1. The van der Waals surface area contributed by atoms with Crippen LogP contribution in [-0.4, -0.2) is 28.2 Å². The monoisotopic (exact) mass is 363 g/mol. The normalized spacial score (nSPS) is 17.0. The summed E-state index contributed by atoms with van der Waals surface area (Å²) in [4.78, 5) is 27.0. The molecule has 0 radical (unpaired) electrons. The van der Waals surface area contributed by atoms with Crippen molar-refractivity contribution in [2.24, 2.45) is 0 Å². The van der Waals surface area contributed by atoms with Gasteiger partial charge in [0.1, 0.15) is 11.8 Å². The lowest BCUT2D eigenvalue weighted by atomic mass is 9.99. The third-order valence-electron chi connectivity index (χ3n) is 4.59. The SMILES string of the molecule is O=C(C1=C(O)C(=O)N(CCc2ccccc2)[C@H]1c1ccco1)c1ccco1. The predicted octanol–water partition coefficient (Wildman–Crippen LogP) is 3.69. The third kappa shape index (κ3) is 3.06. The molecular formula is C21H17NO5. The highest BCUT2D eigenvalue weighted by molar-refractivity contribution is 6.14. The first-order valence-electron chi connectivity index (χ1n) is 8.56. The molecule has 1 amide bonds. The van der Waals surface area contributed by atoms with Gasteiger partial charge in [-0.05, 0) is 36.2 Å². The van der Waals surface area contributed by atoms with Crippen molar-refractivity contribution in [3.8, 4) is 0 Å². The Morgan fingerprint density at radius 1 is 1.00 bits per heavy atom. The highest BCUT2D eigenvalue weighted by Crippen LogP contribution is 2.39. The van der Waals surface area contributed by atoms with E-state index in [1.165, 1.54) is 23.5 Å². The first-order valence-corrected chi connectivity index (χ1v) is 8.56. The van der Waals surface area contributed by atoms with Gasteiger partial charge in [-0.2, -0.15) is 0 Å². The molecule has 0 bridgehead atoms. The van der Waals surface area contributed by atoms with Gasteiger partial charge in [0.15, 0.2) is 11.5 Å². The predicted molar refractivity (Wildman–Crippen MR) is 96.0 cm³/mol. The second-order valence-electron chi connectivity index (χ2n) is 6.22. The second-order valence-corrected chi connectivity index (χ2v) is 6.22. The van der Waals surface area contributed by atoms with E-state index in [2.05, 4.69) is 0 Å². The van der Waals surface area contributed by atoms with Gasteiger partial charge in [0.2, 0.25) is 5.78 Å². The molecule has 3 heterocycles. The maximum atomic E-state index is 12.9. The van der Waals surface area contributed by atoms with Crippen LogP contribution in [0, 0.1) is 0 Å². The number of rotatable bonds is 6. The number of hydrogen-bond donors (Lipinski definition) is 1. The van der Waals surface area contributed by atoms with Crippen molar-refractivity contribution in [2.75, 3.05) is 6.54 Å². The van der Waals surface area contributed by atoms with E-state index in [0.29, 0.717) is 18.7 Å². The van der Waals surface area contributed by atoms with Gasteiger partial charge >= 0.3 is 0 Å². The summed E-state index contributed by atoms with van der Waals surface area (Å²) in [6.45, 7) is 0.327. The molecule has 1 N–H and O–H groups in total. The summed E-state index contributed by atoms with van der Waals surface area (Å²) < 4.78 is 10.6. The Hall–Kier alpha value is -3.54.